The van der Waals surface area contributed by atoms with Crippen molar-refractivity contribution in [3.05, 3.63) is 16.1 Å². The standard InChI is InChI=1S/C12H17N3O3S2/c1-6-4-20-10(13-6)7(2)14-12(18)15-8(3)19-5-9(15)11(16)17/h4,7-9H,5H2,1-3H3,(H,14,18)(H,16,17). The van der Waals surface area contributed by atoms with Gasteiger partial charge in [-0.05, 0) is 20.8 Å². The zero-order valence-electron chi connectivity index (χ0n) is 11.5. The van der Waals surface area contributed by atoms with Crippen LogP contribution in [0, 0.1) is 6.92 Å². The monoisotopic (exact) mass is 315 g/mol. The Balaban J connectivity index is 2.05. The van der Waals surface area contributed by atoms with Crippen LogP contribution >= 0.6 is 23.1 Å². The molecule has 0 aromatic carbocycles. The first-order valence-corrected chi connectivity index (χ1v) is 8.18. The van der Waals surface area contributed by atoms with Gasteiger partial charge in [0.1, 0.15) is 11.0 Å². The molecule has 2 N–H and O–H groups in total. The van der Waals surface area contributed by atoms with Gasteiger partial charge < -0.3 is 10.4 Å². The van der Waals surface area contributed by atoms with Crippen molar-refractivity contribution in [3.63, 3.8) is 0 Å². The van der Waals surface area contributed by atoms with Crippen LogP contribution in [0.15, 0.2) is 5.38 Å². The highest BCUT2D eigenvalue weighted by molar-refractivity contribution is 8.00. The Labute approximate surface area is 125 Å². The molecular formula is C12H17N3O3S2. The topological polar surface area (TPSA) is 82.5 Å². The Bertz CT molecular complexity index is 520. The maximum absolute atomic E-state index is 12.3. The highest BCUT2D eigenvalue weighted by atomic mass is 32.2. The van der Waals surface area contributed by atoms with Gasteiger partial charge in [-0.15, -0.1) is 23.1 Å². The van der Waals surface area contributed by atoms with E-state index in [1.165, 1.54) is 28.0 Å². The molecule has 1 saturated heterocycles. The van der Waals surface area contributed by atoms with Gasteiger partial charge in [0.05, 0.1) is 11.4 Å². The van der Waals surface area contributed by atoms with Crippen molar-refractivity contribution in [2.75, 3.05) is 5.75 Å². The summed E-state index contributed by atoms with van der Waals surface area (Å²) in [5.74, 6) is -0.538. The third-order valence-electron chi connectivity index (χ3n) is 3.09. The van der Waals surface area contributed by atoms with Gasteiger partial charge in [-0.3, -0.25) is 4.90 Å². The number of hydrogen-bond donors (Lipinski definition) is 2. The lowest BCUT2D eigenvalue weighted by molar-refractivity contribution is -0.141. The van der Waals surface area contributed by atoms with E-state index in [2.05, 4.69) is 10.3 Å². The fourth-order valence-electron chi connectivity index (χ4n) is 2.03. The Hall–Kier alpha value is -1.28. The van der Waals surface area contributed by atoms with Crippen LogP contribution in [0.4, 0.5) is 4.79 Å². The summed E-state index contributed by atoms with van der Waals surface area (Å²) < 4.78 is 0. The minimum Gasteiger partial charge on any atom is -0.480 e. The minimum absolute atomic E-state index is 0.138. The van der Waals surface area contributed by atoms with Crippen LogP contribution in [0.2, 0.25) is 0 Å². The number of thioether (sulfide) groups is 1. The number of carboxylic acid groups (broad SMARTS) is 1. The second-order valence-corrected chi connectivity index (χ2v) is 6.93. The van der Waals surface area contributed by atoms with Crippen LogP contribution < -0.4 is 5.32 Å². The lowest BCUT2D eigenvalue weighted by Crippen LogP contribution is -2.49. The summed E-state index contributed by atoms with van der Waals surface area (Å²) in [6.45, 7) is 5.58. The first-order chi connectivity index (χ1) is 9.40. The van der Waals surface area contributed by atoms with E-state index >= 15 is 0 Å². The molecule has 110 valence electrons. The molecule has 0 aliphatic carbocycles. The lowest BCUT2D eigenvalue weighted by atomic mass is 10.3. The quantitative estimate of drug-likeness (QED) is 0.892. The second kappa shape index (κ2) is 6.01. The van der Waals surface area contributed by atoms with E-state index in [9.17, 15) is 9.59 Å². The van der Waals surface area contributed by atoms with E-state index in [0.717, 1.165) is 10.7 Å². The fraction of sp³-hybridized carbons (Fsp3) is 0.583. The molecule has 3 unspecified atom stereocenters. The number of carbonyl (C=O) groups excluding carboxylic acids is 1. The van der Waals surface area contributed by atoms with Crippen molar-refractivity contribution < 1.29 is 14.7 Å². The predicted octanol–water partition coefficient (Wildman–Crippen LogP) is 2.07. The molecule has 2 rings (SSSR count). The molecular weight excluding hydrogens is 298 g/mol. The van der Waals surface area contributed by atoms with E-state index in [1.54, 1.807) is 0 Å². The molecule has 1 aliphatic rings. The van der Waals surface area contributed by atoms with Crippen LogP contribution in [0.5, 0.6) is 0 Å². The summed E-state index contributed by atoms with van der Waals surface area (Å²) in [5, 5.41) is 14.6. The number of amides is 2. The normalized spacial score (nSPS) is 23.6. The molecule has 1 aliphatic heterocycles. The summed E-state index contributed by atoms with van der Waals surface area (Å²) in [7, 11) is 0. The summed E-state index contributed by atoms with van der Waals surface area (Å²) in [6, 6.07) is -1.34. The molecule has 1 aromatic heterocycles. The van der Waals surface area contributed by atoms with Crippen LogP contribution in [0.25, 0.3) is 0 Å². The number of urea groups is 1. The van der Waals surface area contributed by atoms with E-state index < -0.39 is 12.0 Å². The van der Waals surface area contributed by atoms with Crippen molar-refractivity contribution in [2.45, 2.75) is 38.2 Å². The van der Waals surface area contributed by atoms with Crippen molar-refractivity contribution in [3.8, 4) is 0 Å². The Morgan fingerprint density at radius 2 is 2.30 bits per heavy atom. The third-order valence-corrected chi connectivity index (χ3v) is 5.45. The van der Waals surface area contributed by atoms with Gasteiger partial charge in [-0.25, -0.2) is 14.6 Å². The number of aromatic nitrogens is 1. The number of carboxylic acids is 1. The van der Waals surface area contributed by atoms with Gasteiger partial charge >= 0.3 is 12.0 Å². The number of aliphatic carboxylic acids is 1. The van der Waals surface area contributed by atoms with Crippen molar-refractivity contribution in [1.82, 2.24) is 15.2 Å². The third kappa shape index (κ3) is 3.06. The Morgan fingerprint density at radius 1 is 1.60 bits per heavy atom. The van der Waals surface area contributed by atoms with Crippen molar-refractivity contribution in [1.29, 1.82) is 0 Å². The van der Waals surface area contributed by atoms with Crippen molar-refractivity contribution >= 4 is 35.1 Å². The highest BCUT2D eigenvalue weighted by Crippen LogP contribution is 2.29. The minimum atomic E-state index is -0.963. The summed E-state index contributed by atoms with van der Waals surface area (Å²) >= 11 is 2.95. The number of nitrogens with zero attached hydrogens (tertiary/aromatic N) is 2. The number of carbonyl (C=O) groups is 2. The average molecular weight is 315 g/mol. The van der Waals surface area contributed by atoms with E-state index in [4.69, 9.17) is 5.11 Å². The summed E-state index contributed by atoms with van der Waals surface area (Å²) in [5.41, 5.74) is 0.916. The van der Waals surface area contributed by atoms with Gasteiger partial charge in [0.2, 0.25) is 0 Å². The number of nitrogens with one attached hydrogen (secondary N) is 1. The SMILES string of the molecule is Cc1csc(C(C)NC(=O)N2C(C)SCC2C(=O)O)n1. The van der Waals surface area contributed by atoms with Gasteiger partial charge in [0.15, 0.2) is 0 Å². The molecule has 0 bridgehead atoms. The van der Waals surface area contributed by atoms with Crippen LogP contribution in [-0.2, 0) is 4.79 Å². The average Bonchev–Trinajstić information content (AvgIpc) is 2.95. The molecule has 2 amide bonds. The lowest BCUT2D eigenvalue weighted by Gasteiger charge is -2.26. The zero-order valence-corrected chi connectivity index (χ0v) is 13.1. The molecule has 8 heteroatoms. The molecule has 0 spiro atoms. The molecule has 3 atom stereocenters. The molecule has 0 radical (unpaired) electrons. The summed E-state index contributed by atoms with van der Waals surface area (Å²) in [6.07, 6.45) is 0. The maximum atomic E-state index is 12.3. The predicted molar refractivity (Wildman–Crippen MR) is 79.0 cm³/mol. The van der Waals surface area contributed by atoms with Gasteiger partial charge in [-0.1, -0.05) is 0 Å². The highest BCUT2D eigenvalue weighted by Gasteiger charge is 2.39. The number of hydrogen-bond acceptors (Lipinski definition) is 5. The fourth-order valence-corrected chi connectivity index (χ4v) is 4.00. The first-order valence-electron chi connectivity index (χ1n) is 6.25. The van der Waals surface area contributed by atoms with Crippen LogP contribution in [-0.4, -0.2) is 44.2 Å². The Morgan fingerprint density at radius 3 is 2.85 bits per heavy atom. The molecule has 20 heavy (non-hydrogen) atoms. The zero-order chi connectivity index (χ0) is 14.9. The smallest absolute Gasteiger partial charge is 0.327 e. The molecule has 1 aromatic rings. The second-order valence-electron chi connectivity index (χ2n) is 4.69. The van der Waals surface area contributed by atoms with E-state index in [-0.39, 0.29) is 17.4 Å². The van der Waals surface area contributed by atoms with Gasteiger partial charge in [0, 0.05) is 16.8 Å². The Kier molecular flexibility index (Phi) is 4.54. The molecule has 2 heterocycles. The molecule has 1 fully saturated rings. The van der Waals surface area contributed by atoms with Crippen LogP contribution in [0.3, 0.4) is 0 Å². The number of rotatable bonds is 3. The first kappa shape index (κ1) is 15.1. The van der Waals surface area contributed by atoms with E-state index in [1.807, 2.05) is 26.2 Å². The summed E-state index contributed by atoms with van der Waals surface area (Å²) in [4.78, 5) is 29.2. The molecule has 0 saturated carbocycles. The molecule has 6 nitrogen and oxygen atoms in total. The number of aryl methyl sites for hydroxylation is 1. The largest absolute Gasteiger partial charge is 0.480 e. The van der Waals surface area contributed by atoms with E-state index in [0.29, 0.717) is 5.75 Å². The van der Waals surface area contributed by atoms with Gasteiger partial charge in [0.25, 0.3) is 0 Å². The maximum Gasteiger partial charge on any atom is 0.327 e. The number of thiazole rings is 1. The van der Waals surface area contributed by atoms with Crippen molar-refractivity contribution in [2.24, 2.45) is 0 Å². The van der Waals surface area contributed by atoms with Gasteiger partial charge in [-0.2, -0.15) is 0 Å². The van der Waals surface area contributed by atoms with Crippen LogP contribution in [0.1, 0.15) is 30.6 Å².